The van der Waals surface area contributed by atoms with Gasteiger partial charge in [0, 0.05) is 12.8 Å². The van der Waals surface area contributed by atoms with Crippen LogP contribution in [0.3, 0.4) is 0 Å². The van der Waals surface area contributed by atoms with Crippen molar-refractivity contribution in [1.82, 2.24) is 0 Å². The van der Waals surface area contributed by atoms with Crippen LogP contribution in [0.1, 0.15) is 335 Å². The van der Waals surface area contributed by atoms with Crippen LogP contribution in [0.2, 0.25) is 0 Å². The molecule has 0 bridgehead atoms. The van der Waals surface area contributed by atoms with Crippen molar-refractivity contribution in [2.24, 2.45) is 0 Å². The molecule has 0 amide bonds. The molecule has 0 radical (unpaired) electrons. The van der Waals surface area contributed by atoms with Gasteiger partial charge in [-0.15, -0.1) is 0 Å². The minimum Gasteiger partial charge on any atom is -0.477 e. The summed E-state index contributed by atoms with van der Waals surface area (Å²) in [6.07, 6.45) is 70.0. The van der Waals surface area contributed by atoms with Crippen molar-refractivity contribution in [3.8, 4) is 0 Å². The van der Waals surface area contributed by atoms with Gasteiger partial charge < -0.3 is 28.5 Å². The molecule has 0 rings (SSSR count). The number of likely N-dealkylation sites (N-methyl/N-ethyl adjacent to an activating group) is 1. The quantitative estimate of drug-likeness (QED) is 0.0211. The second-order valence-electron chi connectivity index (χ2n) is 24.1. The number of hydrogen-bond acceptors (Lipinski definition) is 7. The minimum absolute atomic E-state index is 0.177. The summed E-state index contributed by atoms with van der Waals surface area (Å²) in [7, 11) is 5.98. The third kappa shape index (κ3) is 61.2. The number of aliphatic carboxylic acids is 1. The van der Waals surface area contributed by atoms with E-state index in [1.54, 1.807) is 0 Å². The molecule has 454 valence electrons. The van der Waals surface area contributed by atoms with Crippen molar-refractivity contribution in [2.45, 2.75) is 347 Å². The Balaban J connectivity index is 4.05. The Morgan fingerprint density at radius 2 is 0.662 bits per heavy atom. The second kappa shape index (κ2) is 59.9. The summed E-state index contributed by atoms with van der Waals surface area (Å²) in [4.78, 5) is 37.5. The second-order valence-corrected chi connectivity index (χ2v) is 24.1. The summed E-state index contributed by atoms with van der Waals surface area (Å²) in [6, 6.07) is 0. The van der Waals surface area contributed by atoms with E-state index in [0.717, 1.165) is 38.5 Å². The Morgan fingerprint density at radius 1 is 0.377 bits per heavy atom. The van der Waals surface area contributed by atoms with Crippen LogP contribution in [0, 0.1) is 0 Å². The molecule has 0 fully saturated rings. The van der Waals surface area contributed by atoms with Crippen LogP contribution in [0.5, 0.6) is 0 Å². The Labute approximate surface area is 478 Å². The summed E-state index contributed by atoms with van der Waals surface area (Å²) in [5, 5.41) is 9.73. The number of ether oxygens (including phenoxy) is 4. The summed E-state index contributed by atoms with van der Waals surface area (Å²) in [5.41, 5.74) is 0. The number of rotatable bonds is 63. The number of carboxylic acids is 1. The first kappa shape index (κ1) is 74.8. The molecule has 0 aliphatic rings. The number of nitrogens with zero attached hydrogens (tertiary/aromatic N) is 1. The van der Waals surface area contributed by atoms with Crippen LogP contribution in [-0.2, 0) is 33.3 Å². The van der Waals surface area contributed by atoms with Crippen LogP contribution >= 0.6 is 0 Å². The average Bonchev–Trinajstić information content (AvgIpc) is 3.40. The third-order valence-electron chi connectivity index (χ3n) is 15.2. The van der Waals surface area contributed by atoms with Gasteiger partial charge in [0.05, 0.1) is 34.4 Å². The van der Waals surface area contributed by atoms with Crippen molar-refractivity contribution >= 4 is 17.9 Å². The maximum Gasteiger partial charge on any atom is 0.361 e. The summed E-state index contributed by atoms with van der Waals surface area (Å²) < 4.78 is 23.0. The van der Waals surface area contributed by atoms with Crippen molar-refractivity contribution in [3.05, 3.63) is 24.3 Å². The molecule has 9 nitrogen and oxygen atoms in total. The van der Waals surface area contributed by atoms with Gasteiger partial charge in [0.15, 0.2) is 6.10 Å². The zero-order chi connectivity index (χ0) is 56.2. The number of carboxylic acid groups (broad SMARTS) is 1. The Kier molecular flexibility index (Phi) is 58.1. The van der Waals surface area contributed by atoms with Gasteiger partial charge in [0.2, 0.25) is 0 Å². The SMILES string of the molecule is CCCCCCCC/C=C\CCCCCCCCCCCC(=O)OCC(COC(OCC[N+](C)(C)C)C(=O)O)OC(=O)CCCCCCCCCCCCCCCCCCCCCCC/C=C\CCCCCCCCCC. The molecule has 0 aromatic rings. The minimum atomic E-state index is -1.51. The fraction of sp³-hybridized carbons (Fsp3) is 0.897. The number of unbranched alkanes of at least 4 members (excludes halogenated alkanes) is 44. The Hall–Kier alpha value is -2.23. The zero-order valence-electron chi connectivity index (χ0n) is 51.9. The van der Waals surface area contributed by atoms with Gasteiger partial charge in [-0.25, -0.2) is 4.79 Å². The molecule has 0 aliphatic heterocycles. The molecule has 0 spiro atoms. The molecule has 2 atom stereocenters. The highest BCUT2D eigenvalue weighted by Crippen LogP contribution is 2.18. The number of allylic oxidation sites excluding steroid dienone is 4. The zero-order valence-corrected chi connectivity index (χ0v) is 51.9. The Morgan fingerprint density at radius 3 is 0.961 bits per heavy atom. The van der Waals surface area contributed by atoms with Crippen molar-refractivity contribution < 1.29 is 42.9 Å². The molecule has 0 aromatic heterocycles. The van der Waals surface area contributed by atoms with E-state index in [1.165, 1.54) is 270 Å². The van der Waals surface area contributed by atoms with E-state index in [2.05, 4.69) is 38.2 Å². The highest BCUT2D eigenvalue weighted by atomic mass is 16.7. The van der Waals surface area contributed by atoms with Crippen molar-refractivity contribution in [1.29, 1.82) is 0 Å². The molecular weight excluding hydrogens is 959 g/mol. The van der Waals surface area contributed by atoms with E-state index in [9.17, 15) is 19.5 Å². The lowest BCUT2D eigenvalue weighted by Crippen LogP contribution is -2.40. The monoisotopic (exact) mass is 1090 g/mol. The Bertz CT molecular complexity index is 1310. The van der Waals surface area contributed by atoms with Crippen LogP contribution < -0.4 is 0 Å². The summed E-state index contributed by atoms with van der Waals surface area (Å²) >= 11 is 0. The predicted molar refractivity (Wildman–Crippen MR) is 328 cm³/mol. The molecule has 0 heterocycles. The van der Waals surface area contributed by atoms with Gasteiger partial charge in [-0.05, 0) is 64.2 Å². The third-order valence-corrected chi connectivity index (χ3v) is 15.2. The summed E-state index contributed by atoms with van der Waals surface area (Å²) in [5.74, 6) is -1.98. The number of quaternary nitrogens is 1. The van der Waals surface area contributed by atoms with Crippen molar-refractivity contribution in [2.75, 3.05) is 47.5 Å². The van der Waals surface area contributed by atoms with E-state index in [1.807, 2.05) is 21.1 Å². The molecule has 77 heavy (non-hydrogen) atoms. The molecule has 9 heteroatoms. The lowest BCUT2D eigenvalue weighted by molar-refractivity contribution is -0.870. The molecule has 2 unspecified atom stereocenters. The predicted octanol–water partition coefficient (Wildman–Crippen LogP) is 20.2. The number of hydrogen-bond donors (Lipinski definition) is 1. The molecular formula is C68H130NO8+. The van der Waals surface area contributed by atoms with Crippen LogP contribution in [0.4, 0.5) is 0 Å². The van der Waals surface area contributed by atoms with Crippen LogP contribution in [0.15, 0.2) is 24.3 Å². The normalized spacial score (nSPS) is 12.8. The maximum atomic E-state index is 12.9. The topological polar surface area (TPSA) is 108 Å². The highest BCUT2D eigenvalue weighted by molar-refractivity contribution is 5.71. The van der Waals surface area contributed by atoms with Gasteiger partial charge in [0.1, 0.15) is 13.2 Å². The number of carbonyl (C=O) groups excluding carboxylic acids is 2. The lowest BCUT2D eigenvalue weighted by atomic mass is 10.0. The van der Waals surface area contributed by atoms with E-state index in [0.29, 0.717) is 17.4 Å². The van der Waals surface area contributed by atoms with E-state index in [4.69, 9.17) is 18.9 Å². The molecule has 1 N–H and O–H groups in total. The van der Waals surface area contributed by atoms with Gasteiger partial charge in [-0.3, -0.25) is 9.59 Å². The van der Waals surface area contributed by atoms with E-state index >= 15 is 0 Å². The highest BCUT2D eigenvalue weighted by Gasteiger charge is 2.25. The molecule has 0 saturated carbocycles. The van der Waals surface area contributed by atoms with Gasteiger partial charge in [-0.1, -0.05) is 282 Å². The van der Waals surface area contributed by atoms with Crippen molar-refractivity contribution in [3.63, 3.8) is 0 Å². The fourth-order valence-electron chi connectivity index (χ4n) is 10.0. The first-order valence-electron chi connectivity index (χ1n) is 33.5. The first-order valence-corrected chi connectivity index (χ1v) is 33.5. The lowest BCUT2D eigenvalue weighted by Gasteiger charge is -2.25. The maximum absolute atomic E-state index is 12.9. The molecule has 0 aromatic carbocycles. The average molecular weight is 1090 g/mol. The smallest absolute Gasteiger partial charge is 0.361 e. The van der Waals surface area contributed by atoms with Crippen LogP contribution in [-0.4, -0.2) is 87.4 Å². The van der Waals surface area contributed by atoms with Gasteiger partial charge in [-0.2, -0.15) is 0 Å². The molecule has 0 aliphatic carbocycles. The number of esters is 2. The van der Waals surface area contributed by atoms with Gasteiger partial charge in [0.25, 0.3) is 6.29 Å². The van der Waals surface area contributed by atoms with Gasteiger partial charge >= 0.3 is 17.9 Å². The standard InChI is InChI=1S/C68H129NO8/c1-6-8-10-12-14-16-18-20-22-24-26-27-28-29-30-31-32-33-34-35-36-37-38-39-41-43-45-47-49-51-53-55-57-59-66(71)77-64(63-76-68(67(72)73)74-61-60-69(3,4)5)62-75-65(70)58-56-54-52-50-48-46-44-42-40-25-23-21-19-17-15-13-11-9-7-2/h21,23-24,26,64,68H,6-20,22,25,27-63H2,1-5H3/p+1/b23-21-,26-24-. The first-order chi connectivity index (χ1) is 37.6. The number of carbonyl (C=O) groups is 3. The largest absolute Gasteiger partial charge is 0.477 e. The fourth-order valence-corrected chi connectivity index (χ4v) is 10.0. The molecule has 0 saturated heterocycles. The van der Waals surface area contributed by atoms with E-state index < -0.39 is 18.4 Å². The van der Waals surface area contributed by atoms with E-state index in [-0.39, 0.29) is 38.2 Å². The van der Waals surface area contributed by atoms with Crippen LogP contribution in [0.25, 0.3) is 0 Å². The summed E-state index contributed by atoms with van der Waals surface area (Å²) in [6.45, 7) is 4.93.